The quantitative estimate of drug-likeness (QED) is 0.566. The van der Waals surface area contributed by atoms with Crippen molar-refractivity contribution in [2.45, 2.75) is 19.8 Å². The first-order valence-electron chi connectivity index (χ1n) is 4.87. The topological polar surface area (TPSA) is 119 Å². The zero-order valence-electron chi connectivity index (χ0n) is 9.33. The predicted molar refractivity (Wildman–Crippen MR) is 55.6 cm³/mol. The maximum Gasteiger partial charge on any atom is 0.474 e. The van der Waals surface area contributed by atoms with E-state index >= 15 is 0 Å². The number of phosphoric acid groups is 1. The Morgan fingerprint density at radius 3 is 1.71 bits per heavy atom. The van der Waals surface area contributed by atoms with Crippen LogP contribution in [0.3, 0.4) is 0 Å². The maximum atomic E-state index is 11.7. The van der Waals surface area contributed by atoms with Gasteiger partial charge >= 0.3 is 19.8 Å². The van der Waals surface area contributed by atoms with E-state index in [1.54, 1.807) is 6.92 Å². The molecule has 0 aromatic carbocycles. The number of carboxylic acids is 2. The Kier molecular flexibility index (Phi) is 7.73. The molecule has 0 rings (SSSR count). The van der Waals surface area contributed by atoms with Crippen LogP contribution in [0.2, 0.25) is 0 Å². The van der Waals surface area contributed by atoms with Crippen LogP contribution in [0.25, 0.3) is 0 Å². The van der Waals surface area contributed by atoms with Gasteiger partial charge in [-0.15, -0.1) is 0 Å². The van der Waals surface area contributed by atoms with E-state index in [0.717, 1.165) is 0 Å². The van der Waals surface area contributed by atoms with E-state index < -0.39 is 19.8 Å². The van der Waals surface area contributed by atoms with E-state index in [2.05, 4.69) is 0 Å². The molecule has 0 saturated heterocycles. The number of hydrogen-bond donors (Lipinski definition) is 2. The third kappa shape index (κ3) is 8.82. The molecule has 0 bridgehead atoms. The molecule has 0 aliphatic carbocycles. The monoisotopic (exact) mass is 270 g/mol. The number of phosphoric ester groups is 1. The van der Waals surface area contributed by atoms with Gasteiger partial charge in [0.1, 0.15) is 0 Å². The van der Waals surface area contributed by atoms with Crippen LogP contribution in [-0.2, 0) is 27.7 Å². The molecule has 8 nitrogen and oxygen atoms in total. The van der Waals surface area contributed by atoms with Gasteiger partial charge in [-0.2, -0.15) is 0 Å². The predicted octanol–water partition coefficient (Wildman–Crippen LogP) is 1.11. The van der Waals surface area contributed by atoms with E-state index in [0.29, 0.717) is 0 Å². The molecule has 2 N–H and O–H groups in total. The van der Waals surface area contributed by atoms with Crippen LogP contribution in [0, 0.1) is 0 Å². The average molecular weight is 270 g/mol. The van der Waals surface area contributed by atoms with Crippen molar-refractivity contribution in [2.75, 3.05) is 19.8 Å². The van der Waals surface area contributed by atoms with E-state index in [4.69, 9.17) is 23.8 Å². The van der Waals surface area contributed by atoms with Crippen molar-refractivity contribution in [3.05, 3.63) is 0 Å². The molecule has 0 fully saturated rings. The molecule has 100 valence electrons. The van der Waals surface area contributed by atoms with E-state index in [9.17, 15) is 14.2 Å². The van der Waals surface area contributed by atoms with Crippen LogP contribution < -0.4 is 0 Å². The number of carbonyl (C=O) groups is 2. The molecule has 0 aromatic heterocycles. The summed E-state index contributed by atoms with van der Waals surface area (Å²) in [5.74, 6) is -2.22. The summed E-state index contributed by atoms with van der Waals surface area (Å²) in [5, 5.41) is 16.7. The summed E-state index contributed by atoms with van der Waals surface area (Å²) in [4.78, 5) is 20.4. The molecule has 0 atom stereocenters. The largest absolute Gasteiger partial charge is 0.481 e. The molecular weight excluding hydrogens is 255 g/mol. The normalized spacial score (nSPS) is 11.4. The molecule has 0 radical (unpaired) electrons. The van der Waals surface area contributed by atoms with Gasteiger partial charge in [-0.05, 0) is 6.92 Å². The smallest absolute Gasteiger partial charge is 0.474 e. The van der Waals surface area contributed by atoms with Crippen molar-refractivity contribution in [3.8, 4) is 0 Å². The molecular formula is C8H15O8P. The SMILES string of the molecule is CCOP(=O)(OCCC(=O)O)OCCC(=O)O. The summed E-state index contributed by atoms with van der Waals surface area (Å²) in [6, 6.07) is 0. The molecule has 0 unspecified atom stereocenters. The van der Waals surface area contributed by atoms with Crippen LogP contribution in [-0.4, -0.2) is 42.0 Å². The minimum absolute atomic E-state index is 0.0391. The summed E-state index contributed by atoms with van der Waals surface area (Å²) >= 11 is 0. The van der Waals surface area contributed by atoms with Gasteiger partial charge in [0.25, 0.3) is 0 Å². The minimum Gasteiger partial charge on any atom is -0.481 e. The highest BCUT2D eigenvalue weighted by Crippen LogP contribution is 2.49. The Morgan fingerprint density at radius 2 is 1.41 bits per heavy atom. The lowest BCUT2D eigenvalue weighted by molar-refractivity contribution is -0.138. The molecule has 0 aliphatic rings. The van der Waals surface area contributed by atoms with Crippen molar-refractivity contribution < 1.29 is 37.9 Å². The van der Waals surface area contributed by atoms with Crippen molar-refractivity contribution in [2.24, 2.45) is 0 Å². The molecule has 0 amide bonds. The lowest BCUT2D eigenvalue weighted by atomic mass is 10.5. The van der Waals surface area contributed by atoms with Gasteiger partial charge in [0.2, 0.25) is 0 Å². The zero-order chi connectivity index (χ0) is 13.3. The second kappa shape index (κ2) is 8.19. The van der Waals surface area contributed by atoms with Gasteiger partial charge in [-0.1, -0.05) is 0 Å². The molecule has 0 saturated carbocycles. The van der Waals surface area contributed by atoms with Gasteiger partial charge in [0.05, 0.1) is 32.7 Å². The number of rotatable bonds is 10. The highest BCUT2D eigenvalue weighted by atomic mass is 31.2. The Morgan fingerprint density at radius 1 is 1.00 bits per heavy atom. The number of aliphatic carboxylic acids is 2. The fourth-order valence-electron chi connectivity index (χ4n) is 0.759. The highest BCUT2D eigenvalue weighted by Gasteiger charge is 2.26. The average Bonchev–Trinajstić information content (AvgIpc) is 2.16. The van der Waals surface area contributed by atoms with Crippen LogP contribution in [0.1, 0.15) is 19.8 Å². The van der Waals surface area contributed by atoms with E-state index in [1.807, 2.05) is 0 Å². The molecule has 17 heavy (non-hydrogen) atoms. The lowest BCUT2D eigenvalue weighted by Gasteiger charge is -2.16. The number of carboxylic acid groups (broad SMARTS) is 2. The minimum atomic E-state index is -3.86. The third-order valence-electron chi connectivity index (χ3n) is 1.42. The van der Waals surface area contributed by atoms with Gasteiger partial charge in [0, 0.05) is 0 Å². The van der Waals surface area contributed by atoms with Gasteiger partial charge in [0.15, 0.2) is 0 Å². The molecule has 9 heteroatoms. The van der Waals surface area contributed by atoms with Crippen LogP contribution in [0.5, 0.6) is 0 Å². The first kappa shape index (κ1) is 16.1. The van der Waals surface area contributed by atoms with Crippen molar-refractivity contribution in [1.29, 1.82) is 0 Å². The van der Waals surface area contributed by atoms with Crippen LogP contribution in [0.15, 0.2) is 0 Å². The van der Waals surface area contributed by atoms with Gasteiger partial charge in [-0.25, -0.2) is 4.57 Å². The fourth-order valence-corrected chi connectivity index (χ4v) is 1.93. The van der Waals surface area contributed by atoms with E-state index in [1.165, 1.54) is 0 Å². The van der Waals surface area contributed by atoms with Gasteiger partial charge < -0.3 is 10.2 Å². The van der Waals surface area contributed by atoms with Crippen LogP contribution >= 0.6 is 7.82 Å². The highest BCUT2D eigenvalue weighted by molar-refractivity contribution is 7.48. The standard InChI is InChI=1S/C8H15O8P/c1-2-14-17(13,15-5-3-7(9)10)16-6-4-8(11)12/h2-6H2,1H3,(H,9,10)(H,11,12). The second-order valence-electron chi connectivity index (χ2n) is 2.82. The second-order valence-corrected chi connectivity index (χ2v) is 4.49. The fraction of sp³-hybridized carbons (Fsp3) is 0.750. The Labute approximate surface area is 98.1 Å². The zero-order valence-corrected chi connectivity index (χ0v) is 10.2. The summed E-state index contributed by atoms with van der Waals surface area (Å²) in [7, 11) is -3.86. The van der Waals surface area contributed by atoms with Crippen LogP contribution in [0.4, 0.5) is 0 Å². The first-order valence-corrected chi connectivity index (χ1v) is 6.33. The summed E-state index contributed by atoms with van der Waals surface area (Å²) < 4.78 is 25.8. The number of hydrogen-bond acceptors (Lipinski definition) is 6. The first-order chi connectivity index (χ1) is 7.89. The Bertz CT molecular complexity index is 278. The lowest BCUT2D eigenvalue weighted by Crippen LogP contribution is -2.07. The summed E-state index contributed by atoms with van der Waals surface area (Å²) in [6.45, 7) is 0.921. The maximum absolute atomic E-state index is 11.7. The van der Waals surface area contributed by atoms with Crippen molar-refractivity contribution >= 4 is 19.8 Å². The van der Waals surface area contributed by atoms with Crippen molar-refractivity contribution in [1.82, 2.24) is 0 Å². The Hall–Kier alpha value is -0.950. The van der Waals surface area contributed by atoms with Gasteiger partial charge in [-0.3, -0.25) is 23.2 Å². The molecule has 0 heterocycles. The summed E-state index contributed by atoms with van der Waals surface area (Å²) in [6.07, 6.45) is -0.696. The van der Waals surface area contributed by atoms with E-state index in [-0.39, 0.29) is 32.7 Å². The molecule has 0 aliphatic heterocycles. The summed E-state index contributed by atoms with van der Waals surface area (Å²) in [5.41, 5.74) is 0. The third-order valence-corrected chi connectivity index (χ3v) is 2.99. The molecule has 0 aromatic rings. The molecule has 0 spiro atoms. The Balaban J connectivity index is 4.10. The van der Waals surface area contributed by atoms with Crippen molar-refractivity contribution in [3.63, 3.8) is 0 Å².